The van der Waals surface area contributed by atoms with Crippen LogP contribution in [0, 0.1) is 0 Å². The number of aromatic nitrogens is 1. The molecule has 22 heavy (non-hydrogen) atoms. The molecule has 0 aromatic carbocycles. The van der Waals surface area contributed by atoms with Crippen LogP contribution in [0.4, 0.5) is 10.6 Å². The third-order valence-corrected chi connectivity index (χ3v) is 3.72. The summed E-state index contributed by atoms with van der Waals surface area (Å²) in [6.07, 6.45) is 1.74. The fourth-order valence-corrected chi connectivity index (χ4v) is 2.33. The first-order valence-electron chi connectivity index (χ1n) is 7.38. The summed E-state index contributed by atoms with van der Waals surface area (Å²) in [7, 11) is 3.86. The number of amides is 3. The lowest BCUT2D eigenvalue weighted by Crippen LogP contribution is -2.52. The van der Waals surface area contributed by atoms with Crippen LogP contribution in [0.25, 0.3) is 0 Å². The normalized spacial score (nSPS) is 14.7. The fraction of sp³-hybridized carbons (Fsp3) is 0.533. The number of pyridine rings is 1. The molecule has 1 aromatic rings. The van der Waals surface area contributed by atoms with Crippen molar-refractivity contribution in [1.82, 2.24) is 20.1 Å². The Balaban J connectivity index is 1.83. The van der Waals surface area contributed by atoms with E-state index in [2.05, 4.69) is 10.3 Å². The molecule has 3 amide bonds. The number of hydrogen-bond donors (Lipinski definition) is 1. The van der Waals surface area contributed by atoms with Crippen molar-refractivity contribution in [1.29, 1.82) is 0 Å². The summed E-state index contributed by atoms with van der Waals surface area (Å²) >= 11 is 0. The van der Waals surface area contributed by atoms with Crippen LogP contribution in [0.1, 0.15) is 12.5 Å². The minimum atomic E-state index is -0.0913. The Morgan fingerprint density at radius 3 is 2.45 bits per heavy atom. The number of hydrogen-bond acceptors (Lipinski definition) is 4. The topological polar surface area (TPSA) is 68.8 Å². The molecular weight excluding hydrogens is 282 g/mol. The first kappa shape index (κ1) is 16.1. The summed E-state index contributed by atoms with van der Waals surface area (Å²) in [6.45, 7) is 4.37. The van der Waals surface area contributed by atoms with Crippen LogP contribution in [-0.4, -0.2) is 67.0 Å². The molecule has 0 aliphatic carbocycles. The molecule has 120 valence electrons. The highest BCUT2D eigenvalue weighted by atomic mass is 16.2. The first-order valence-corrected chi connectivity index (χ1v) is 7.38. The van der Waals surface area contributed by atoms with E-state index in [1.807, 2.05) is 31.1 Å². The molecule has 2 heterocycles. The van der Waals surface area contributed by atoms with Crippen LogP contribution >= 0.6 is 0 Å². The van der Waals surface area contributed by atoms with Crippen molar-refractivity contribution >= 4 is 17.8 Å². The molecule has 0 saturated carbocycles. The number of piperazine rings is 1. The number of rotatable bonds is 3. The average molecular weight is 305 g/mol. The second kappa shape index (κ2) is 7.11. The van der Waals surface area contributed by atoms with Gasteiger partial charge in [-0.15, -0.1) is 0 Å². The molecule has 1 fully saturated rings. The third kappa shape index (κ3) is 4.09. The summed E-state index contributed by atoms with van der Waals surface area (Å²) in [5.41, 5.74) is 1.01. The van der Waals surface area contributed by atoms with Gasteiger partial charge in [-0.1, -0.05) is 0 Å². The Bertz CT molecular complexity index is 538. The van der Waals surface area contributed by atoms with Crippen LogP contribution in [0.15, 0.2) is 18.3 Å². The van der Waals surface area contributed by atoms with E-state index in [0.29, 0.717) is 32.7 Å². The lowest BCUT2D eigenvalue weighted by atomic mass is 10.2. The number of carbonyl (C=O) groups excluding carboxylic acids is 2. The zero-order chi connectivity index (χ0) is 16.1. The molecule has 1 N–H and O–H groups in total. The lowest BCUT2D eigenvalue weighted by molar-refractivity contribution is -0.130. The maximum Gasteiger partial charge on any atom is 0.317 e. The van der Waals surface area contributed by atoms with E-state index < -0.39 is 0 Å². The summed E-state index contributed by atoms with van der Waals surface area (Å²) in [6, 6.07) is 3.75. The third-order valence-electron chi connectivity index (χ3n) is 3.72. The predicted molar refractivity (Wildman–Crippen MR) is 84.6 cm³/mol. The number of nitrogens with zero attached hydrogens (tertiary/aromatic N) is 4. The van der Waals surface area contributed by atoms with E-state index in [9.17, 15) is 9.59 Å². The largest absolute Gasteiger partial charge is 0.363 e. The zero-order valence-electron chi connectivity index (χ0n) is 13.4. The molecule has 1 aliphatic heterocycles. The van der Waals surface area contributed by atoms with Crippen molar-refractivity contribution in [2.45, 2.75) is 13.5 Å². The highest BCUT2D eigenvalue weighted by Gasteiger charge is 2.21. The van der Waals surface area contributed by atoms with E-state index in [4.69, 9.17) is 0 Å². The van der Waals surface area contributed by atoms with Gasteiger partial charge in [-0.25, -0.2) is 9.78 Å². The van der Waals surface area contributed by atoms with Crippen molar-refractivity contribution in [2.75, 3.05) is 45.2 Å². The molecule has 1 aliphatic rings. The summed E-state index contributed by atoms with van der Waals surface area (Å²) in [5.74, 6) is 0.926. The Morgan fingerprint density at radius 1 is 1.23 bits per heavy atom. The first-order chi connectivity index (χ1) is 10.5. The molecule has 0 atom stereocenters. The van der Waals surface area contributed by atoms with Crippen molar-refractivity contribution in [3.8, 4) is 0 Å². The lowest BCUT2D eigenvalue weighted by Gasteiger charge is -2.34. The minimum absolute atomic E-state index is 0.0630. The van der Waals surface area contributed by atoms with Gasteiger partial charge in [0, 0.05) is 59.9 Å². The van der Waals surface area contributed by atoms with E-state index in [1.54, 1.807) is 22.9 Å². The molecule has 0 spiro atoms. The number of urea groups is 1. The Kier molecular flexibility index (Phi) is 5.19. The molecule has 0 bridgehead atoms. The Morgan fingerprint density at radius 2 is 1.86 bits per heavy atom. The van der Waals surface area contributed by atoms with E-state index in [-0.39, 0.29) is 11.9 Å². The van der Waals surface area contributed by atoms with E-state index >= 15 is 0 Å². The van der Waals surface area contributed by atoms with Gasteiger partial charge < -0.3 is 20.0 Å². The maximum absolute atomic E-state index is 12.2. The van der Waals surface area contributed by atoms with Gasteiger partial charge in [0.1, 0.15) is 5.82 Å². The number of nitrogens with one attached hydrogen (secondary N) is 1. The highest BCUT2D eigenvalue weighted by molar-refractivity contribution is 5.76. The molecular formula is C15H23N5O2. The van der Waals surface area contributed by atoms with Crippen LogP contribution < -0.4 is 10.2 Å². The monoisotopic (exact) mass is 305 g/mol. The van der Waals surface area contributed by atoms with Gasteiger partial charge in [0.05, 0.1) is 0 Å². The van der Waals surface area contributed by atoms with Crippen molar-refractivity contribution in [2.24, 2.45) is 0 Å². The smallest absolute Gasteiger partial charge is 0.317 e. The summed E-state index contributed by atoms with van der Waals surface area (Å²) < 4.78 is 0. The number of anilines is 1. The van der Waals surface area contributed by atoms with Crippen molar-refractivity contribution < 1.29 is 9.59 Å². The maximum atomic E-state index is 12.2. The molecule has 1 saturated heterocycles. The van der Waals surface area contributed by atoms with Crippen LogP contribution in [0.3, 0.4) is 0 Å². The van der Waals surface area contributed by atoms with Gasteiger partial charge in [-0.05, 0) is 17.7 Å². The van der Waals surface area contributed by atoms with Gasteiger partial charge in [-0.3, -0.25) is 4.79 Å². The predicted octanol–water partition coefficient (Wildman–Crippen LogP) is 0.521. The standard InChI is InChI=1S/C15H23N5O2/c1-12(21)19-6-8-20(9-7-19)15(22)17-11-13-4-5-16-14(10-13)18(2)3/h4-5,10H,6-9,11H2,1-3H3,(H,17,22). The van der Waals surface area contributed by atoms with E-state index in [0.717, 1.165) is 11.4 Å². The fourth-order valence-electron chi connectivity index (χ4n) is 2.33. The van der Waals surface area contributed by atoms with Crippen molar-refractivity contribution in [3.63, 3.8) is 0 Å². The highest BCUT2D eigenvalue weighted by Crippen LogP contribution is 2.09. The molecule has 2 rings (SSSR count). The van der Waals surface area contributed by atoms with Gasteiger partial charge in [0.25, 0.3) is 0 Å². The summed E-state index contributed by atoms with van der Waals surface area (Å²) in [4.78, 5) is 33.1. The molecule has 7 heteroatoms. The molecule has 0 radical (unpaired) electrons. The Labute approximate surface area is 130 Å². The Hall–Kier alpha value is -2.31. The van der Waals surface area contributed by atoms with Gasteiger partial charge in [0.2, 0.25) is 5.91 Å². The minimum Gasteiger partial charge on any atom is -0.363 e. The average Bonchev–Trinajstić information content (AvgIpc) is 2.53. The second-order valence-electron chi connectivity index (χ2n) is 5.57. The van der Waals surface area contributed by atoms with Gasteiger partial charge in [0.15, 0.2) is 0 Å². The summed E-state index contributed by atoms with van der Waals surface area (Å²) in [5, 5.41) is 2.92. The number of carbonyl (C=O) groups is 2. The van der Waals surface area contributed by atoms with Crippen LogP contribution in [-0.2, 0) is 11.3 Å². The SMILES string of the molecule is CC(=O)N1CCN(C(=O)NCc2ccnc(N(C)C)c2)CC1. The van der Waals surface area contributed by atoms with Crippen molar-refractivity contribution in [3.05, 3.63) is 23.9 Å². The van der Waals surface area contributed by atoms with E-state index in [1.165, 1.54) is 0 Å². The molecule has 1 aromatic heterocycles. The van der Waals surface area contributed by atoms with Gasteiger partial charge in [-0.2, -0.15) is 0 Å². The quantitative estimate of drug-likeness (QED) is 0.884. The molecule has 7 nitrogen and oxygen atoms in total. The molecule has 0 unspecified atom stereocenters. The zero-order valence-corrected chi connectivity index (χ0v) is 13.4. The van der Waals surface area contributed by atoms with Crippen LogP contribution in [0.5, 0.6) is 0 Å². The van der Waals surface area contributed by atoms with Crippen LogP contribution in [0.2, 0.25) is 0 Å². The van der Waals surface area contributed by atoms with Gasteiger partial charge >= 0.3 is 6.03 Å². The second-order valence-corrected chi connectivity index (χ2v) is 5.57.